The monoisotopic (exact) mass is 287 g/mol. The Morgan fingerprint density at radius 3 is 2.89 bits per heavy atom. The molecule has 8 nitrogen and oxygen atoms in total. The molecule has 0 atom stereocenters. The molecule has 0 aliphatic heterocycles. The fraction of sp³-hybridized carbons (Fsp3) is 0.375. The lowest BCUT2D eigenvalue weighted by Crippen LogP contribution is -2.19. The predicted molar refractivity (Wildman–Crippen MR) is 64.8 cm³/mol. The van der Waals surface area contributed by atoms with Crippen molar-refractivity contribution in [2.75, 3.05) is 18.7 Å². The van der Waals surface area contributed by atoms with Gasteiger partial charge in [-0.25, -0.2) is 15.0 Å². The maximum absolute atomic E-state index is 10.7. The van der Waals surface area contributed by atoms with Gasteiger partial charge in [0.1, 0.15) is 11.8 Å². The Hall–Kier alpha value is -1.12. The van der Waals surface area contributed by atoms with Crippen LogP contribution in [0.25, 0.3) is 11.2 Å². The van der Waals surface area contributed by atoms with Crippen molar-refractivity contribution in [1.82, 2.24) is 19.5 Å². The van der Waals surface area contributed by atoms with Crippen LogP contribution in [0.3, 0.4) is 0 Å². The summed E-state index contributed by atoms with van der Waals surface area (Å²) in [6, 6.07) is 0. The third kappa shape index (κ3) is 3.21. The number of fused-ring (bicyclic) bond motifs is 1. The van der Waals surface area contributed by atoms with E-state index in [0.29, 0.717) is 23.5 Å². The second-order valence-corrected chi connectivity index (χ2v) is 6.67. The first-order valence-corrected chi connectivity index (χ1v) is 7.80. The van der Waals surface area contributed by atoms with Gasteiger partial charge < -0.3 is 24.8 Å². The zero-order valence-electron chi connectivity index (χ0n) is 9.22. The Bertz CT molecular complexity index is 597. The second-order valence-electron chi connectivity index (χ2n) is 3.52. The van der Waals surface area contributed by atoms with Crippen molar-refractivity contribution in [3.8, 4) is 0 Å². The summed E-state index contributed by atoms with van der Waals surface area (Å²) in [6.07, 6.45) is 2.43. The number of rotatable bonds is 5. The van der Waals surface area contributed by atoms with Crippen molar-refractivity contribution >= 4 is 35.3 Å². The molecule has 2 N–H and O–H groups in total. The normalized spacial score (nSPS) is 12.1. The third-order valence-corrected chi connectivity index (χ3v) is 2.97. The van der Waals surface area contributed by atoms with Crippen molar-refractivity contribution in [2.24, 2.45) is 0 Å². The summed E-state index contributed by atoms with van der Waals surface area (Å²) in [5, 5.41) is 0. The summed E-state index contributed by atoms with van der Waals surface area (Å²) in [7, 11) is 0. The first-order chi connectivity index (χ1) is 8.47. The van der Waals surface area contributed by atoms with Crippen LogP contribution in [0.4, 0.5) is 5.82 Å². The van der Waals surface area contributed by atoms with Gasteiger partial charge in [0.2, 0.25) is 0 Å². The maximum Gasteiger partial charge on any atom is 0.165 e. The van der Waals surface area contributed by atoms with Crippen LogP contribution in [0.5, 0.6) is 0 Å². The molecule has 2 aromatic rings. The average Bonchev–Trinajstić information content (AvgIpc) is 2.68. The molecular formula is C8H10N5O3PS-2. The number of aromatic nitrogens is 4. The van der Waals surface area contributed by atoms with E-state index in [1.165, 1.54) is 6.33 Å². The van der Waals surface area contributed by atoms with Crippen LogP contribution in [0.15, 0.2) is 12.7 Å². The number of ether oxygens (including phenoxy) is 1. The van der Waals surface area contributed by atoms with E-state index in [2.05, 4.69) is 26.8 Å². The van der Waals surface area contributed by atoms with E-state index in [4.69, 9.17) is 10.5 Å². The first-order valence-electron chi connectivity index (χ1n) is 4.97. The van der Waals surface area contributed by atoms with Crippen molar-refractivity contribution in [1.29, 1.82) is 0 Å². The van der Waals surface area contributed by atoms with Gasteiger partial charge in [-0.15, -0.1) is 11.8 Å². The molecule has 2 rings (SSSR count). The number of hydrogen-bond acceptors (Lipinski definition) is 8. The Morgan fingerprint density at radius 2 is 2.17 bits per heavy atom. The number of imidazole rings is 1. The SMILES string of the molecule is Nc1ncnc2c1ncn2CCOCP([O-])([O-])=S. The summed E-state index contributed by atoms with van der Waals surface area (Å²) in [5.74, 6) is 0.300. The minimum absolute atomic E-state index is 0.193. The smallest absolute Gasteiger partial charge is 0.165 e. The summed E-state index contributed by atoms with van der Waals surface area (Å²) >= 11 is 4.21. The standard InChI is InChI=1S/C8H12N5O3PS/c9-7-6-8(11-3-10-7)13(4-12-6)1-2-16-5-17(14,15)18/h3-4H,1-2,5H2,(H2,9,10,11)(H2,14,15,18)/p-2. The van der Waals surface area contributed by atoms with E-state index in [-0.39, 0.29) is 6.61 Å². The molecule has 10 heteroatoms. The van der Waals surface area contributed by atoms with Crippen molar-refractivity contribution < 1.29 is 14.5 Å². The highest BCUT2D eigenvalue weighted by molar-refractivity contribution is 8.07. The van der Waals surface area contributed by atoms with Gasteiger partial charge in [-0.3, -0.25) is 0 Å². The van der Waals surface area contributed by atoms with Crippen LogP contribution in [-0.2, 0) is 23.1 Å². The fourth-order valence-electron chi connectivity index (χ4n) is 1.40. The van der Waals surface area contributed by atoms with E-state index < -0.39 is 12.8 Å². The topological polar surface area (TPSA) is 125 Å². The fourth-order valence-corrected chi connectivity index (χ4v) is 1.98. The molecule has 0 aromatic carbocycles. The van der Waals surface area contributed by atoms with Crippen LogP contribution in [0, 0.1) is 0 Å². The Kier molecular flexibility index (Phi) is 3.88. The highest BCUT2D eigenvalue weighted by atomic mass is 32.5. The Balaban J connectivity index is 2.00. The molecule has 98 valence electrons. The van der Waals surface area contributed by atoms with Crippen LogP contribution in [0.1, 0.15) is 0 Å². The number of anilines is 1. The minimum Gasteiger partial charge on any atom is -0.831 e. The van der Waals surface area contributed by atoms with Crippen molar-refractivity contribution in [3.05, 3.63) is 12.7 Å². The molecule has 0 amide bonds. The number of nitrogen functional groups attached to an aromatic ring is 1. The highest BCUT2D eigenvalue weighted by Crippen LogP contribution is 2.22. The van der Waals surface area contributed by atoms with Gasteiger partial charge >= 0.3 is 0 Å². The van der Waals surface area contributed by atoms with Gasteiger partial charge in [0.15, 0.2) is 11.5 Å². The zero-order chi connectivity index (χ0) is 13.2. The molecule has 0 aliphatic rings. The first kappa shape index (κ1) is 13.3. The third-order valence-electron chi connectivity index (χ3n) is 2.16. The van der Waals surface area contributed by atoms with Gasteiger partial charge in [0.25, 0.3) is 0 Å². The quantitative estimate of drug-likeness (QED) is 0.515. The lowest BCUT2D eigenvalue weighted by atomic mass is 10.5. The molecule has 2 heterocycles. The van der Waals surface area contributed by atoms with Gasteiger partial charge in [-0.1, -0.05) is 0 Å². The summed E-state index contributed by atoms with van der Waals surface area (Å²) in [6.45, 7) is -3.19. The Morgan fingerprint density at radius 1 is 1.39 bits per heavy atom. The van der Waals surface area contributed by atoms with Crippen molar-refractivity contribution in [3.63, 3.8) is 0 Å². The van der Waals surface area contributed by atoms with E-state index in [1.54, 1.807) is 10.9 Å². The van der Waals surface area contributed by atoms with E-state index in [1.807, 2.05) is 0 Å². The van der Waals surface area contributed by atoms with Crippen LogP contribution < -0.4 is 15.5 Å². The summed E-state index contributed by atoms with van der Waals surface area (Å²) in [4.78, 5) is 33.4. The highest BCUT2D eigenvalue weighted by Gasteiger charge is 2.06. The van der Waals surface area contributed by atoms with E-state index in [9.17, 15) is 9.79 Å². The molecule has 0 unspecified atom stereocenters. The average molecular weight is 287 g/mol. The largest absolute Gasteiger partial charge is 0.831 e. The maximum atomic E-state index is 10.7. The van der Waals surface area contributed by atoms with Gasteiger partial charge in [-0.05, 0) is 0 Å². The number of nitrogens with two attached hydrogens (primary N) is 1. The summed E-state index contributed by atoms with van der Waals surface area (Å²) < 4.78 is 6.65. The molecule has 0 aliphatic carbocycles. The van der Waals surface area contributed by atoms with Gasteiger partial charge in [-0.2, -0.15) is 6.49 Å². The van der Waals surface area contributed by atoms with Crippen LogP contribution in [-0.4, -0.2) is 32.5 Å². The molecule has 0 radical (unpaired) electrons. The van der Waals surface area contributed by atoms with Crippen LogP contribution in [0.2, 0.25) is 0 Å². The zero-order valence-corrected chi connectivity index (χ0v) is 10.9. The molecule has 2 aromatic heterocycles. The Labute approximate surface area is 108 Å². The molecular weight excluding hydrogens is 277 g/mol. The van der Waals surface area contributed by atoms with E-state index >= 15 is 0 Å². The lowest BCUT2D eigenvalue weighted by Gasteiger charge is -2.34. The molecule has 0 spiro atoms. The second kappa shape index (κ2) is 5.25. The number of nitrogens with zero attached hydrogens (tertiary/aromatic N) is 4. The number of hydrogen-bond donors (Lipinski definition) is 1. The van der Waals surface area contributed by atoms with Crippen LogP contribution >= 0.6 is 6.49 Å². The molecule has 0 fully saturated rings. The molecule has 18 heavy (non-hydrogen) atoms. The minimum atomic E-state index is -3.79. The molecule has 0 bridgehead atoms. The van der Waals surface area contributed by atoms with Gasteiger partial charge in [0.05, 0.1) is 12.9 Å². The summed E-state index contributed by atoms with van der Waals surface area (Å²) in [5.41, 5.74) is 6.72. The van der Waals surface area contributed by atoms with Crippen molar-refractivity contribution in [2.45, 2.75) is 6.54 Å². The predicted octanol–water partition coefficient (Wildman–Crippen LogP) is -1.59. The van der Waals surface area contributed by atoms with E-state index in [0.717, 1.165) is 0 Å². The molecule has 0 saturated carbocycles. The lowest BCUT2D eigenvalue weighted by molar-refractivity contribution is -0.299. The molecule has 0 saturated heterocycles. The van der Waals surface area contributed by atoms with Gasteiger partial charge in [0, 0.05) is 12.9 Å².